The summed E-state index contributed by atoms with van der Waals surface area (Å²) in [5.74, 6) is 0.267. The van der Waals surface area contributed by atoms with Crippen molar-refractivity contribution in [3.63, 3.8) is 0 Å². The molecule has 0 saturated heterocycles. The summed E-state index contributed by atoms with van der Waals surface area (Å²) in [5.41, 5.74) is 0.439. The fourth-order valence-corrected chi connectivity index (χ4v) is 1.17. The summed E-state index contributed by atoms with van der Waals surface area (Å²) in [6, 6.07) is 1.87. The summed E-state index contributed by atoms with van der Waals surface area (Å²) in [4.78, 5) is 11.7. The highest BCUT2D eigenvalue weighted by atomic mass is 35.5. The van der Waals surface area contributed by atoms with Gasteiger partial charge in [-0.05, 0) is 19.9 Å². The number of nitrogens with zero attached hydrogens (tertiary/aromatic N) is 2. The van der Waals surface area contributed by atoms with Crippen molar-refractivity contribution in [2.75, 3.05) is 5.88 Å². The predicted molar refractivity (Wildman–Crippen MR) is 59.6 cm³/mol. The second-order valence-corrected chi connectivity index (χ2v) is 4.41. The van der Waals surface area contributed by atoms with Crippen LogP contribution in [-0.4, -0.2) is 21.6 Å². The number of aryl methyl sites for hydroxylation is 1. The maximum absolute atomic E-state index is 11.7. The Bertz CT molecular complexity index is 346. The zero-order chi connectivity index (χ0) is 11.5. The Hall–Kier alpha value is -1.03. The van der Waals surface area contributed by atoms with Crippen LogP contribution in [0.4, 0.5) is 0 Å². The lowest BCUT2D eigenvalue weighted by atomic mass is 9.95. The van der Waals surface area contributed by atoms with Gasteiger partial charge in [0.25, 0.3) is 0 Å². The van der Waals surface area contributed by atoms with Crippen LogP contribution in [0.3, 0.4) is 0 Å². The molecule has 84 valence electrons. The van der Waals surface area contributed by atoms with Crippen molar-refractivity contribution < 1.29 is 4.79 Å². The number of rotatable bonds is 4. The van der Waals surface area contributed by atoms with Crippen molar-refractivity contribution in [2.45, 2.75) is 20.4 Å². The standard InChI is InChI=1S/C10H16ClN3O/c1-10(2,7-11)9(15)12-6-8-4-5-13-14(8)3/h4-5H,6-7H2,1-3H3,(H,12,15). The van der Waals surface area contributed by atoms with Crippen LogP contribution in [0.15, 0.2) is 12.3 Å². The summed E-state index contributed by atoms with van der Waals surface area (Å²) in [6.07, 6.45) is 1.70. The number of aromatic nitrogens is 2. The van der Waals surface area contributed by atoms with Crippen molar-refractivity contribution >= 4 is 17.5 Å². The van der Waals surface area contributed by atoms with Crippen molar-refractivity contribution in [1.82, 2.24) is 15.1 Å². The van der Waals surface area contributed by atoms with Gasteiger partial charge in [0.1, 0.15) is 0 Å². The number of nitrogens with one attached hydrogen (secondary N) is 1. The van der Waals surface area contributed by atoms with E-state index in [1.165, 1.54) is 0 Å². The van der Waals surface area contributed by atoms with Crippen LogP contribution in [0.1, 0.15) is 19.5 Å². The summed E-state index contributed by atoms with van der Waals surface area (Å²) in [5, 5.41) is 6.85. The fraction of sp³-hybridized carbons (Fsp3) is 0.600. The Labute approximate surface area is 94.6 Å². The molecule has 1 aromatic heterocycles. The Balaban J connectivity index is 2.52. The molecule has 0 bridgehead atoms. The first-order valence-electron chi connectivity index (χ1n) is 4.78. The van der Waals surface area contributed by atoms with Gasteiger partial charge in [0.2, 0.25) is 5.91 Å². The molecule has 0 aliphatic carbocycles. The molecule has 1 heterocycles. The van der Waals surface area contributed by atoms with Gasteiger partial charge in [-0.1, -0.05) is 0 Å². The summed E-state index contributed by atoms with van der Waals surface area (Å²) < 4.78 is 1.73. The molecule has 0 spiro atoms. The molecule has 0 atom stereocenters. The molecule has 0 saturated carbocycles. The van der Waals surface area contributed by atoms with Crippen molar-refractivity contribution in [3.8, 4) is 0 Å². The van der Waals surface area contributed by atoms with Crippen LogP contribution < -0.4 is 5.32 Å². The summed E-state index contributed by atoms with van der Waals surface area (Å²) >= 11 is 5.70. The van der Waals surface area contributed by atoms with Crippen molar-refractivity contribution in [1.29, 1.82) is 0 Å². The minimum absolute atomic E-state index is 0.0429. The summed E-state index contributed by atoms with van der Waals surface area (Å²) in [7, 11) is 1.84. The van der Waals surface area contributed by atoms with E-state index in [4.69, 9.17) is 11.6 Å². The van der Waals surface area contributed by atoms with E-state index in [1.54, 1.807) is 10.9 Å². The summed E-state index contributed by atoms with van der Waals surface area (Å²) in [6.45, 7) is 4.12. The molecule has 15 heavy (non-hydrogen) atoms. The molecule has 1 rings (SSSR count). The SMILES string of the molecule is Cn1nccc1CNC(=O)C(C)(C)CCl. The number of carbonyl (C=O) groups excluding carboxylic acids is 1. The highest BCUT2D eigenvalue weighted by Crippen LogP contribution is 2.16. The van der Waals surface area contributed by atoms with Gasteiger partial charge in [-0.2, -0.15) is 5.10 Å². The van der Waals surface area contributed by atoms with E-state index in [9.17, 15) is 4.79 Å². The van der Waals surface area contributed by atoms with Crippen LogP contribution in [0, 0.1) is 5.41 Å². The van der Waals surface area contributed by atoms with Gasteiger partial charge in [-0.25, -0.2) is 0 Å². The number of hydrogen-bond donors (Lipinski definition) is 1. The van der Waals surface area contributed by atoms with Gasteiger partial charge in [0.15, 0.2) is 0 Å². The average molecular weight is 230 g/mol. The van der Waals surface area contributed by atoms with E-state index in [2.05, 4.69) is 10.4 Å². The molecule has 1 amide bonds. The molecule has 1 aromatic rings. The third kappa shape index (κ3) is 2.96. The number of halogens is 1. The number of carbonyl (C=O) groups is 1. The molecule has 0 aromatic carbocycles. The lowest BCUT2D eigenvalue weighted by Crippen LogP contribution is -2.38. The third-order valence-corrected chi connectivity index (χ3v) is 2.97. The van der Waals surface area contributed by atoms with Gasteiger partial charge in [0, 0.05) is 19.1 Å². The third-order valence-electron chi connectivity index (χ3n) is 2.30. The van der Waals surface area contributed by atoms with Gasteiger partial charge >= 0.3 is 0 Å². The van der Waals surface area contributed by atoms with Gasteiger partial charge < -0.3 is 5.32 Å². The van der Waals surface area contributed by atoms with Gasteiger partial charge in [-0.15, -0.1) is 11.6 Å². The number of amides is 1. The molecule has 1 N–H and O–H groups in total. The van der Waals surface area contributed by atoms with E-state index in [1.807, 2.05) is 27.0 Å². The highest BCUT2D eigenvalue weighted by Gasteiger charge is 2.26. The quantitative estimate of drug-likeness (QED) is 0.792. The number of hydrogen-bond acceptors (Lipinski definition) is 2. The molecule has 0 fully saturated rings. The minimum Gasteiger partial charge on any atom is -0.350 e. The van der Waals surface area contributed by atoms with Crippen LogP contribution in [0.5, 0.6) is 0 Å². The topological polar surface area (TPSA) is 46.9 Å². The van der Waals surface area contributed by atoms with Crippen LogP contribution in [0.25, 0.3) is 0 Å². The monoisotopic (exact) mass is 229 g/mol. The maximum Gasteiger partial charge on any atom is 0.227 e. The van der Waals surface area contributed by atoms with E-state index >= 15 is 0 Å². The number of alkyl halides is 1. The van der Waals surface area contributed by atoms with Crippen LogP contribution in [0.2, 0.25) is 0 Å². The maximum atomic E-state index is 11.7. The normalized spacial score (nSPS) is 11.5. The van der Waals surface area contributed by atoms with Crippen LogP contribution >= 0.6 is 11.6 Å². The first-order chi connectivity index (χ1) is 6.97. The van der Waals surface area contributed by atoms with E-state index < -0.39 is 5.41 Å². The largest absolute Gasteiger partial charge is 0.350 e. The minimum atomic E-state index is -0.528. The average Bonchev–Trinajstić information content (AvgIpc) is 2.60. The molecule has 0 unspecified atom stereocenters. The first-order valence-corrected chi connectivity index (χ1v) is 5.32. The molecule has 5 heteroatoms. The molecular formula is C10H16ClN3O. The lowest BCUT2D eigenvalue weighted by molar-refractivity contribution is -0.128. The Morgan fingerprint density at radius 3 is 2.80 bits per heavy atom. The van der Waals surface area contributed by atoms with Crippen molar-refractivity contribution in [3.05, 3.63) is 18.0 Å². The predicted octanol–water partition coefficient (Wildman–Crippen LogP) is 1.30. The molecule has 0 aliphatic rings. The molecule has 4 nitrogen and oxygen atoms in total. The molecule has 0 aliphatic heterocycles. The zero-order valence-corrected chi connectivity index (χ0v) is 10.0. The molecule has 0 radical (unpaired) electrons. The van der Waals surface area contributed by atoms with Gasteiger partial charge in [0.05, 0.1) is 17.7 Å². The second-order valence-electron chi connectivity index (χ2n) is 4.15. The van der Waals surface area contributed by atoms with E-state index in [-0.39, 0.29) is 5.91 Å². The molecular weight excluding hydrogens is 214 g/mol. The van der Waals surface area contributed by atoms with E-state index in [0.717, 1.165) is 5.69 Å². The zero-order valence-electron chi connectivity index (χ0n) is 9.25. The second kappa shape index (κ2) is 4.66. The van der Waals surface area contributed by atoms with Crippen molar-refractivity contribution in [2.24, 2.45) is 12.5 Å². The highest BCUT2D eigenvalue weighted by molar-refractivity contribution is 6.19. The fourth-order valence-electron chi connectivity index (χ4n) is 1.05. The first kappa shape index (κ1) is 12.0. The smallest absolute Gasteiger partial charge is 0.227 e. The van der Waals surface area contributed by atoms with E-state index in [0.29, 0.717) is 12.4 Å². The Kier molecular flexibility index (Phi) is 3.74. The van der Waals surface area contributed by atoms with Gasteiger partial charge in [-0.3, -0.25) is 9.48 Å². The van der Waals surface area contributed by atoms with Crippen LogP contribution in [-0.2, 0) is 18.4 Å². The Morgan fingerprint density at radius 2 is 2.33 bits per heavy atom. The lowest BCUT2D eigenvalue weighted by Gasteiger charge is -2.20. The Morgan fingerprint density at radius 1 is 1.67 bits per heavy atom.